The normalized spacial score (nSPS) is 23.4. The first-order chi connectivity index (χ1) is 9.40. The Kier molecular flexibility index (Phi) is 2.65. The molecule has 0 aromatic carbocycles. The summed E-state index contributed by atoms with van der Waals surface area (Å²) in [5.41, 5.74) is 0.929. The maximum absolute atomic E-state index is 4.71. The monoisotopic (exact) mass is 257 g/mol. The van der Waals surface area contributed by atoms with Crippen LogP contribution in [0.5, 0.6) is 0 Å². The molecule has 1 saturated heterocycles. The van der Waals surface area contributed by atoms with Crippen molar-refractivity contribution in [3.63, 3.8) is 0 Å². The first-order valence-electron chi connectivity index (χ1n) is 7.20. The van der Waals surface area contributed by atoms with Gasteiger partial charge in [0.1, 0.15) is 5.82 Å². The van der Waals surface area contributed by atoms with Gasteiger partial charge in [0.05, 0.1) is 6.20 Å². The van der Waals surface area contributed by atoms with Crippen LogP contribution in [-0.4, -0.2) is 39.8 Å². The van der Waals surface area contributed by atoms with E-state index >= 15 is 0 Å². The topological polar surface area (TPSA) is 45.5 Å². The molecule has 3 heterocycles. The van der Waals surface area contributed by atoms with Crippen molar-refractivity contribution in [3.8, 4) is 0 Å². The molecule has 1 unspecified atom stereocenters. The predicted molar refractivity (Wildman–Crippen MR) is 74.4 cm³/mol. The lowest BCUT2D eigenvalue weighted by Gasteiger charge is -2.26. The van der Waals surface area contributed by atoms with Crippen LogP contribution >= 0.6 is 0 Å². The molecule has 4 rings (SSSR count). The highest BCUT2D eigenvalue weighted by molar-refractivity contribution is 5.48. The summed E-state index contributed by atoms with van der Waals surface area (Å²) in [7, 11) is 0. The highest BCUT2D eigenvalue weighted by atomic mass is 15.3. The van der Waals surface area contributed by atoms with Crippen LogP contribution in [0.15, 0.2) is 24.5 Å². The van der Waals surface area contributed by atoms with Crippen molar-refractivity contribution in [2.75, 3.05) is 18.0 Å². The molecule has 0 radical (unpaired) electrons. The van der Waals surface area contributed by atoms with Crippen molar-refractivity contribution in [2.24, 2.45) is 0 Å². The molecule has 2 aromatic rings. The summed E-state index contributed by atoms with van der Waals surface area (Å²) in [5, 5.41) is 7.84. The van der Waals surface area contributed by atoms with Crippen molar-refractivity contribution in [1.82, 2.24) is 19.9 Å². The van der Waals surface area contributed by atoms with Crippen LogP contribution in [0.2, 0.25) is 0 Å². The van der Waals surface area contributed by atoms with E-state index in [1.165, 1.54) is 25.7 Å². The van der Waals surface area contributed by atoms with Gasteiger partial charge in [-0.3, -0.25) is 0 Å². The van der Waals surface area contributed by atoms with Gasteiger partial charge < -0.3 is 10.2 Å². The van der Waals surface area contributed by atoms with E-state index in [0.29, 0.717) is 6.04 Å². The number of hydrogen-bond acceptors (Lipinski definition) is 4. The average Bonchev–Trinajstić information content (AvgIpc) is 2.97. The zero-order valence-corrected chi connectivity index (χ0v) is 11.0. The Labute approximate surface area is 112 Å². The largest absolute Gasteiger partial charge is 0.352 e. The van der Waals surface area contributed by atoms with Gasteiger partial charge in [-0.15, -0.1) is 0 Å². The predicted octanol–water partition coefficient (Wildman–Crippen LogP) is 1.45. The number of fused-ring (bicyclic) bond motifs is 1. The molecule has 2 aromatic heterocycles. The second-order valence-corrected chi connectivity index (χ2v) is 5.59. The molecule has 1 aliphatic heterocycles. The summed E-state index contributed by atoms with van der Waals surface area (Å²) < 4.78 is 1.82. The van der Waals surface area contributed by atoms with E-state index in [2.05, 4.69) is 21.4 Å². The van der Waals surface area contributed by atoms with Gasteiger partial charge in [-0.2, -0.15) is 5.10 Å². The van der Waals surface area contributed by atoms with Crippen LogP contribution in [0, 0.1) is 0 Å². The molecule has 2 aliphatic rings. The van der Waals surface area contributed by atoms with E-state index in [-0.39, 0.29) is 0 Å². The summed E-state index contributed by atoms with van der Waals surface area (Å²) in [6, 6.07) is 5.41. The Hall–Kier alpha value is -1.62. The zero-order valence-electron chi connectivity index (χ0n) is 11.0. The van der Waals surface area contributed by atoms with Gasteiger partial charge in [0.2, 0.25) is 0 Å². The second kappa shape index (κ2) is 4.49. The first kappa shape index (κ1) is 11.2. The fraction of sp³-hybridized carbons (Fsp3) is 0.571. The molecule has 0 spiro atoms. The maximum atomic E-state index is 4.71. The summed E-state index contributed by atoms with van der Waals surface area (Å²) in [4.78, 5) is 7.16. The molecule has 1 N–H and O–H groups in total. The molecule has 0 bridgehead atoms. The van der Waals surface area contributed by atoms with Gasteiger partial charge in [0.15, 0.2) is 5.65 Å². The summed E-state index contributed by atoms with van der Waals surface area (Å²) in [6.07, 6.45) is 9.04. The summed E-state index contributed by atoms with van der Waals surface area (Å²) in [6.45, 7) is 2.21. The van der Waals surface area contributed by atoms with Crippen molar-refractivity contribution in [3.05, 3.63) is 24.5 Å². The Balaban J connectivity index is 1.54. The number of aromatic nitrogens is 3. The number of hydrogen-bond donors (Lipinski definition) is 1. The van der Waals surface area contributed by atoms with Gasteiger partial charge in [0, 0.05) is 37.4 Å². The van der Waals surface area contributed by atoms with Crippen LogP contribution < -0.4 is 10.2 Å². The molecule has 5 heteroatoms. The van der Waals surface area contributed by atoms with E-state index in [4.69, 9.17) is 4.98 Å². The molecular formula is C14H19N5. The molecule has 0 amide bonds. The fourth-order valence-electron chi connectivity index (χ4n) is 2.90. The lowest BCUT2D eigenvalue weighted by molar-refractivity contribution is 0.568. The lowest BCUT2D eigenvalue weighted by atomic mass is 10.2. The standard InChI is InChI=1S/C14H19N5/c1-2-12(10-15-11-3-4-11)18(8-1)13-6-9-19-14(17-13)5-7-16-19/h5-7,9,11-12,15H,1-4,8,10H2. The average molecular weight is 257 g/mol. The quantitative estimate of drug-likeness (QED) is 0.900. The number of nitrogens with zero attached hydrogens (tertiary/aromatic N) is 4. The highest BCUT2D eigenvalue weighted by Gasteiger charge is 2.28. The summed E-state index contributed by atoms with van der Waals surface area (Å²) >= 11 is 0. The molecular weight excluding hydrogens is 238 g/mol. The van der Waals surface area contributed by atoms with E-state index < -0.39 is 0 Å². The Morgan fingerprint density at radius 3 is 3.11 bits per heavy atom. The van der Waals surface area contributed by atoms with Gasteiger partial charge in [0.25, 0.3) is 0 Å². The number of rotatable bonds is 4. The second-order valence-electron chi connectivity index (χ2n) is 5.59. The van der Waals surface area contributed by atoms with Gasteiger partial charge in [-0.05, 0) is 31.7 Å². The molecule has 2 fully saturated rings. The SMILES string of the molecule is c1cc2nc(N3CCCC3CNC3CC3)ccn2n1. The maximum Gasteiger partial charge on any atom is 0.157 e. The number of nitrogens with one attached hydrogen (secondary N) is 1. The molecule has 19 heavy (non-hydrogen) atoms. The molecule has 100 valence electrons. The molecule has 1 aliphatic carbocycles. The fourth-order valence-corrected chi connectivity index (χ4v) is 2.90. The Bertz CT molecular complexity index is 574. The smallest absolute Gasteiger partial charge is 0.157 e. The number of anilines is 1. The van der Waals surface area contributed by atoms with Crippen molar-refractivity contribution < 1.29 is 0 Å². The molecule has 1 atom stereocenters. The van der Waals surface area contributed by atoms with Crippen molar-refractivity contribution in [2.45, 2.75) is 37.8 Å². The van der Waals surface area contributed by atoms with Crippen LogP contribution in [0.3, 0.4) is 0 Å². The van der Waals surface area contributed by atoms with E-state index in [1.54, 1.807) is 6.20 Å². The first-order valence-corrected chi connectivity index (χ1v) is 7.20. The van der Waals surface area contributed by atoms with Crippen LogP contribution in [0.4, 0.5) is 5.82 Å². The minimum atomic E-state index is 0.596. The van der Waals surface area contributed by atoms with Crippen molar-refractivity contribution >= 4 is 11.5 Å². The lowest BCUT2D eigenvalue weighted by Crippen LogP contribution is -2.39. The van der Waals surface area contributed by atoms with Crippen LogP contribution in [0.1, 0.15) is 25.7 Å². The zero-order chi connectivity index (χ0) is 12.7. The van der Waals surface area contributed by atoms with Gasteiger partial charge in [-0.1, -0.05) is 0 Å². The van der Waals surface area contributed by atoms with E-state index in [0.717, 1.165) is 30.6 Å². The Morgan fingerprint density at radius 1 is 1.26 bits per heavy atom. The van der Waals surface area contributed by atoms with Crippen LogP contribution in [-0.2, 0) is 0 Å². The van der Waals surface area contributed by atoms with Gasteiger partial charge >= 0.3 is 0 Å². The minimum absolute atomic E-state index is 0.596. The van der Waals surface area contributed by atoms with Crippen molar-refractivity contribution in [1.29, 1.82) is 0 Å². The van der Waals surface area contributed by atoms with E-state index in [9.17, 15) is 0 Å². The summed E-state index contributed by atoms with van der Waals surface area (Å²) in [5.74, 6) is 1.09. The molecule has 1 saturated carbocycles. The third-order valence-electron chi connectivity index (χ3n) is 4.13. The van der Waals surface area contributed by atoms with Gasteiger partial charge in [-0.25, -0.2) is 9.50 Å². The Morgan fingerprint density at radius 2 is 2.21 bits per heavy atom. The minimum Gasteiger partial charge on any atom is -0.352 e. The van der Waals surface area contributed by atoms with E-state index in [1.807, 2.05) is 16.8 Å². The highest BCUT2D eigenvalue weighted by Crippen LogP contribution is 2.25. The van der Waals surface area contributed by atoms with Crippen LogP contribution in [0.25, 0.3) is 5.65 Å². The third-order valence-corrected chi connectivity index (χ3v) is 4.13. The third kappa shape index (κ3) is 2.18. The molecule has 5 nitrogen and oxygen atoms in total.